The summed E-state index contributed by atoms with van der Waals surface area (Å²) in [4.78, 5) is 23.3. The van der Waals surface area contributed by atoms with E-state index in [4.69, 9.17) is 14.4 Å². The molecule has 0 aliphatic carbocycles. The van der Waals surface area contributed by atoms with Crippen LogP contribution in [0.3, 0.4) is 0 Å². The number of carboxylic acid groups (broad SMARTS) is 1. The number of benzene rings is 4. The summed E-state index contributed by atoms with van der Waals surface area (Å²) >= 11 is 0. The Morgan fingerprint density at radius 3 is 2.00 bits per heavy atom. The predicted molar refractivity (Wildman–Crippen MR) is 127 cm³/mol. The number of hydrogen-bond acceptors (Lipinski definition) is 6. The molecule has 0 radical (unpaired) electrons. The topological polar surface area (TPSA) is 138 Å². The number of fused-ring (bicyclic) bond motifs is 1. The van der Waals surface area contributed by atoms with Crippen molar-refractivity contribution < 1.29 is 37.5 Å². The minimum absolute atomic E-state index is 0.0896. The van der Waals surface area contributed by atoms with E-state index in [1.54, 1.807) is 42.5 Å². The number of carbonyl (C=O) groups is 2. The highest BCUT2D eigenvalue weighted by Gasteiger charge is 2.14. The smallest absolute Gasteiger partial charge is 0.338 e. The number of carbonyl (C=O) groups excluding carboxylic acids is 1. The Labute approximate surface area is 200 Å². The Morgan fingerprint density at radius 2 is 1.37 bits per heavy atom. The minimum Gasteiger partial charge on any atom is -0.478 e. The van der Waals surface area contributed by atoms with E-state index < -0.39 is 28.2 Å². The molecule has 0 aromatic heterocycles. The summed E-state index contributed by atoms with van der Waals surface area (Å²) in [7, 11) is -4.30. The van der Waals surface area contributed by atoms with Crippen LogP contribution in [-0.2, 0) is 21.5 Å². The van der Waals surface area contributed by atoms with E-state index in [-0.39, 0.29) is 17.1 Å². The van der Waals surface area contributed by atoms with Crippen molar-refractivity contribution >= 4 is 32.8 Å². The Balaban J connectivity index is 1.50. The zero-order valence-electron chi connectivity index (χ0n) is 18.2. The molecule has 8 nitrogen and oxygen atoms in total. The van der Waals surface area contributed by atoms with Crippen molar-refractivity contribution in [3.8, 4) is 0 Å². The summed E-state index contributed by atoms with van der Waals surface area (Å²) in [6.45, 7) is -0.0896. The monoisotopic (exact) mass is 492 g/mol. The Hall–Kier alpha value is -4.05. The van der Waals surface area contributed by atoms with E-state index in [9.17, 15) is 23.1 Å². The highest BCUT2D eigenvalue weighted by atomic mass is 32.2. The van der Waals surface area contributed by atoms with Gasteiger partial charge in [-0.1, -0.05) is 42.5 Å². The van der Waals surface area contributed by atoms with Gasteiger partial charge in [0.15, 0.2) is 0 Å². The van der Waals surface area contributed by atoms with Gasteiger partial charge in [-0.2, -0.15) is 8.42 Å². The third-order valence-electron chi connectivity index (χ3n) is 5.48. The number of aromatic carboxylic acids is 1. The first-order valence-electron chi connectivity index (χ1n) is 10.4. The molecule has 0 saturated heterocycles. The lowest BCUT2D eigenvalue weighted by Crippen LogP contribution is -2.06. The third-order valence-corrected chi connectivity index (χ3v) is 6.35. The second-order valence-electron chi connectivity index (χ2n) is 7.85. The van der Waals surface area contributed by atoms with Crippen molar-refractivity contribution in [2.24, 2.45) is 0 Å². The average molecular weight is 493 g/mol. The van der Waals surface area contributed by atoms with Gasteiger partial charge in [0.1, 0.15) is 12.7 Å². The fourth-order valence-electron chi connectivity index (χ4n) is 3.55. The van der Waals surface area contributed by atoms with Gasteiger partial charge in [-0.15, -0.1) is 0 Å². The van der Waals surface area contributed by atoms with Gasteiger partial charge in [0.25, 0.3) is 10.1 Å². The summed E-state index contributed by atoms with van der Waals surface area (Å²) in [5.74, 6) is -1.63. The van der Waals surface area contributed by atoms with Crippen molar-refractivity contribution in [3.63, 3.8) is 0 Å². The molecule has 4 aromatic carbocycles. The van der Waals surface area contributed by atoms with Gasteiger partial charge >= 0.3 is 11.9 Å². The summed E-state index contributed by atoms with van der Waals surface area (Å²) in [5, 5.41) is 21.3. The SMILES string of the molecule is O=C(O)c1ccc(C(O)c2ccc3ccc(C(=O)OCc4ccc(S(=O)(=O)O)cc4)cc3c2)cc1. The zero-order valence-corrected chi connectivity index (χ0v) is 19.0. The number of hydrogen-bond donors (Lipinski definition) is 3. The average Bonchev–Trinajstić information content (AvgIpc) is 2.86. The molecular weight excluding hydrogens is 472 g/mol. The number of aliphatic hydroxyl groups is 1. The summed E-state index contributed by atoms with van der Waals surface area (Å²) in [6.07, 6.45) is -0.983. The standard InChI is InChI=1S/C26H20O8S/c27-24(18-5-7-19(8-6-18)25(28)29)20-9-3-17-4-10-21(14-22(17)13-20)26(30)34-15-16-1-11-23(12-2-16)35(31,32)33/h1-14,24,27H,15H2,(H,28,29)(H,31,32,33). The molecule has 0 fully saturated rings. The molecule has 4 aromatic rings. The molecule has 0 aliphatic heterocycles. The van der Waals surface area contributed by atoms with Gasteiger partial charge in [-0.25, -0.2) is 9.59 Å². The van der Waals surface area contributed by atoms with Gasteiger partial charge in [0.05, 0.1) is 16.0 Å². The molecule has 0 spiro atoms. The van der Waals surface area contributed by atoms with Gasteiger partial charge in [-0.05, 0) is 69.9 Å². The van der Waals surface area contributed by atoms with Crippen LogP contribution in [-0.4, -0.2) is 35.1 Å². The van der Waals surface area contributed by atoms with Crippen molar-refractivity contribution in [1.82, 2.24) is 0 Å². The van der Waals surface area contributed by atoms with E-state index in [0.29, 0.717) is 27.6 Å². The van der Waals surface area contributed by atoms with Crippen LogP contribution in [0.5, 0.6) is 0 Å². The van der Waals surface area contributed by atoms with Crippen molar-refractivity contribution in [2.45, 2.75) is 17.6 Å². The van der Waals surface area contributed by atoms with E-state index in [1.807, 2.05) is 6.07 Å². The van der Waals surface area contributed by atoms with Crippen LogP contribution in [0, 0.1) is 0 Å². The highest BCUT2D eigenvalue weighted by Crippen LogP contribution is 2.27. The van der Waals surface area contributed by atoms with Gasteiger partial charge in [-0.3, -0.25) is 4.55 Å². The highest BCUT2D eigenvalue weighted by molar-refractivity contribution is 7.85. The first-order chi connectivity index (χ1) is 16.6. The van der Waals surface area contributed by atoms with Crippen molar-refractivity contribution in [1.29, 1.82) is 0 Å². The number of esters is 1. The van der Waals surface area contributed by atoms with Crippen LogP contribution in [0.1, 0.15) is 43.5 Å². The summed E-state index contributed by atoms with van der Waals surface area (Å²) < 4.78 is 36.6. The van der Waals surface area contributed by atoms with Gasteiger partial charge in [0.2, 0.25) is 0 Å². The largest absolute Gasteiger partial charge is 0.478 e. The molecule has 35 heavy (non-hydrogen) atoms. The van der Waals surface area contributed by atoms with Gasteiger partial charge < -0.3 is 14.9 Å². The molecule has 1 atom stereocenters. The molecule has 178 valence electrons. The number of ether oxygens (including phenoxy) is 1. The number of carboxylic acids is 1. The fourth-order valence-corrected chi connectivity index (χ4v) is 4.03. The molecular formula is C26H20O8S. The summed E-state index contributed by atoms with van der Waals surface area (Å²) in [5.41, 5.74) is 2.07. The Bertz CT molecular complexity index is 1510. The number of rotatable bonds is 7. The normalized spacial score (nSPS) is 12.3. The summed E-state index contributed by atoms with van der Waals surface area (Å²) in [6, 6.07) is 21.6. The fraction of sp³-hybridized carbons (Fsp3) is 0.0769. The maximum absolute atomic E-state index is 12.6. The van der Waals surface area contributed by atoms with Crippen LogP contribution < -0.4 is 0 Å². The van der Waals surface area contributed by atoms with E-state index in [1.165, 1.54) is 36.4 Å². The van der Waals surface area contributed by atoms with Crippen LogP contribution in [0.2, 0.25) is 0 Å². The first kappa shape index (κ1) is 24.1. The van der Waals surface area contributed by atoms with Gasteiger partial charge in [0, 0.05) is 0 Å². The van der Waals surface area contributed by atoms with E-state index >= 15 is 0 Å². The van der Waals surface area contributed by atoms with Crippen molar-refractivity contribution in [2.75, 3.05) is 0 Å². The predicted octanol–water partition coefficient (Wildman–Crippen LogP) is 4.22. The lowest BCUT2D eigenvalue weighted by Gasteiger charge is -2.13. The lowest BCUT2D eigenvalue weighted by molar-refractivity contribution is 0.0472. The molecule has 0 heterocycles. The van der Waals surface area contributed by atoms with Crippen LogP contribution in [0.15, 0.2) is 89.8 Å². The van der Waals surface area contributed by atoms with Crippen LogP contribution >= 0.6 is 0 Å². The van der Waals surface area contributed by atoms with Crippen LogP contribution in [0.25, 0.3) is 10.8 Å². The molecule has 0 aliphatic rings. The quantitative estimate of drug-likeness (QED) is 0.257. The second kappa shape index (κ2) is 9.67. The molecule has 0 bridgehead atoms. The number of aliphatic hydroxyl groups excluding tert-OH is 1. The Morgan fingerprint density at radius 1 is 0.771 bits per heavy atom. The first-order valence-corrected chi connectivity index (χ1v) is 11.8. The van der Waals surface area contributed by atoms with Crippen LogP contribution in [0.4, 0.5) is 0 Å². The molecule has 3 N–H and O–H groups in total. The Kier molecular flexibility index (Phi) is 6.65. The molecule has 9 heteroatoms. The molecule has 1 unspecified atom stereocenters. The second-order valence-corrected chi connectivity index (χ2v) is 9.27. The maximum atomic E-state index is 12.6. The lowest BCUT2D eigenvalue weighted by atomic mass is 9.97. The molecule has 4 rings (SSSR count). The molecule has 0 saturated carbocycles. The maximum Gasteiger partial charge on any atom is 0.338 e. The molecule has 0 amide bonds. The van der Waals surface area contributed by atoms with E-state index in [0.717, 1.165) is 5.39 Å². The minimum atomic E-state index is -4.30. The van der Waals surface area contributed by atoms with E-state index in [2.05, 4.69) is 0 Å². The van der Waals surface area contributed by atoms with Crippen molar-refractivity contribution in [3.05, 3.63) is 113 Å². The zero-order chi connectivity index (χ0) is 25.2. The third kappa shape index (κ3) is 5.55.